The fourth-order valence-corrected chi connectivity index (χ4v) is 3.52. The number of rotatable bonds is 7. The van der Waals surface area contributed by atoms with Crippen molar-refractivity contribution in [2.75, 3.05) is 26.3 Å². The van der Waals surface area contributed by atoms with E-state index < -0.39 is 6.10 Å². The minimum Gasteiger partial charge on any atom is -0.376 e. The average Bonchev–Trinajstić information content (AvgIpc) is 3.08. The van der Waals surface area contributed by atoms with Crippen LogP contribution >= 0.6 is 0 Å². The molecule has 0 radical (unpaired) electrons. The van der Waals surface area contributed by atoms with Crippen LogP contribution in [0.3, 0.4) is 0 Å². The zero-order valence-electron chi connectivity index (χ0n) is 15.2. The van der Waals surface area contributed by atoms with Crippen LogP contribution < -0.4 is 5.32 Å². The molecule has 138 valence electrons. The van der Waals surface area contributed by atoms with Gasteiger partial charge in [0.1, 0.15) is 6.10 Å². The maximum absolute atomic E-state index is 12.3. The third-order valence-corrected chi connectivity index (χ3v) is 5.04. The van der Waals surface area contributed by atoms with Crippen LogP contribution in [0.5, 0.6) is 0 Å². The van der Waals surface area contributed by atoms with Crippen LogP contribution in [0, 0.1) is 0 Å². The SMILES string of the molecule is C[C@H](OC[C@@H]1CCCCO1)C(=O)N[C@@H]1CCN(Cc2ccccc2)C1. The number of hydrogen-bond acceptors (Lipinski definition) is 4. The first-order valence-electron chi connectivity index (χ1n) is 9.50. The topological polar surface area (TPSA) is 50.8 Å². The van der Waals surface area contributed by atoms with E-state index in [1.807, 2.05) is 13.0 Å². The van der Waals surface area contributed by atoms with Crippen LogP contribution in [0.1, 0.15) is 38.2 Å². The van der Waals surface area contributed by atoms with Gasteiger partial charge in [-0.05, 0) is 38.2 Å². The summed E-state index contributed by atoms with van der Waals surface area (Å²) in [5, 5.41) is 3.14. The van der Waals surface area contributed by atoms with E-state index >= 15 is 0 Å². The number of hydrogen-bond donors (Lipinski definition) is 1. The van der Waals surface area contributed by atoms with Crippen LogP contribution in [0.2, 0.25) is 0 Å². The molecule has 0 aliphatic carbocycles. The lowest BCUT2D eigenvalue weighted by atomic mass is 10.1. The summed E-state index contributed by atoms with van der Waals surface area (Å²) in [6.07, 6.45) is 4.08. The Hall–Kier alpha value is -1.43. The lowest BCUT2D eigenvalue weighted by Gasteiger charge is -2.24. The second kappa shape index (κ2) is 9.32. The van der Waals surface area contributed by atoms with E-state index in [9.17, 15) is 4.79 Å². The minimum atomic E-state index is -0.423. The molecule has 0 bridgehead atoms. The van der Waals surface area contributed by atoms with Gasteiger partial charge in [0.25, 0.3) is 0 Å². The molecule has 2 aliphatic heterocycles. The van der Waals surface area contributed by atoms with E-state index in [0.29, 0.717) is 6.61 Å². The first-order chi connectivity index (χ1) is 12.2. The van der Waals surface area contributed by atoms with Gasteiger partial charge in [0, 0.05) is 32.3 Å². The molecule has 1 aromatic rings. The zero-order chi connectivity index (χ0) is 17.5. The molecule has 1 amide bonds. The third kappa shape index (κ3) is 5.80. The molecule has 3 rings (SSSR count). The predicted molar refractivity (Wildman–Crippen MR) is 97.3 cm³/mol. The van der Waals surface area contributed by atoms with E-state index in [1.165, 1.54) is 12.0 Å². The first kappa shape index (κ1) is 18.4. The normalized spacial score (nSPS) is 25.6. The highest BCUT2D eigenvalue weighted by Gasteiger charge is 2.26. The number of carbonyl (C=O) groups is 1. The van der Waals surface area contributed by atoms with E-state index in [4.69, 9.17) is 9.47 Å². The standard InChI is InChI=1S/C20H30N2O3/c1-16(25-15-19-9-5-6-12-24-19)20(23)21-18-10-11-22(14-18)13-17-7-3-2-4-8-17/h2-4,7-8,16,18-19H,5-6,9-15H2,1H3,(H,21,23)/t16-,18+,19-/m0/s1. The lowest BCUT2D eigenvalue weighted by Crippen LogP contribution is -2.43. The molecule has 3 atom stereocenters. The number of likely N-dealkylation sites (tertiary alicyclic amines) is 1. The molecule has 5 nitrogen and oxygen atoms in total. The maximum atomic E-state index is 12.3. The van der Waals surface area contributed by atoms with Crippen molar-refractivity contribution in [2.24, 2.45) is 0 Å². The van der Waals surface area contributed by atoms with Gasteiger partial charge in [-0.3, -0.25) is 9.69 Å². The summed E-state index contributed by atoms with van der Waals surface area (Å²) >= 11 is 0. The smallest absolute Gasteiger partial charge is 0.249 e. The highest BCUT2D eigenvalue weighted by atomic mass is 16.5. The molecule has 2 fully saturated rings. The van der Waals surface area contributed by atoms with Crippen LogP contribution in [-0.2, 0) is 20.8 Å². The van der Waals surface area contributed by atoms with Crippen molar-refractivity contribution >= 4 is 5.91 Å². The molecule has 5 heteroatoms. The Morgan fingerprint density at radius 2 is 2.16 bits per heavy atom. The Kier molecular flexibility index (Phi) is 6.84. The van der Waals surface area contributed by atoms with Crippen LogP contribution in [0.25, 0.3) is 0 Å². The van der Waals surface area contributed by atoms with E-state index in [0.717, 1.165) is 45.5 Å². The van der Waals surface area contributed by atoms with E-state index in [-0.39, 0.29) is 18.1 Å². The summed E-state index contributed by atoms with van der Waals surface area (Å²) in [4.78, 5) is 14.7. The Morgan fingerprint density at radius 3 is 2.92 bits per heavy atom. The molecular formula is C20H30N2O3. The summed E-state index contributed by atoms with van der Waals surface area (Å²) in [7, 11) is 0. The minimum absolute atomic E-state index is 0.0117. The van der Waals surface area contributed by atoms with Crippen molar-refractivity contribution in [1.29, 1.82) is 0 Å². The fourth-order valence-electron chi connectivity index (χ4n) is 3.52. The van der Waals surface area contributed by atoms with Gasteiger partial charge in [0.05, 0.1) is 12.7 Å². The first-order valence-corrected chi connectivity index (χ1v) is 9.50. The van der Waals surface area contributed by atoms with Crippen molar-refractivity contribution in [2.45, 2.75) is 57.4 Å². The third-order valence-electron chi connectivity index (χ3n) is 5.04. The van der Waals surface area contributed by atoms with Crippen molar-refractivity contribution in [3.8, 4) is 0 Å². The Labute approximate surface area is 150 Å². The number of benzene rings is 1. The summed E-state index contributed by atoms with van der Waals surface area (Å²) in [6, 6.07) is 10.7. The lowest BCUT2D eigenvalue weighted by molar-refractivity contribution is -0.136. The quantitative estimate of drug-likeness (QED) is 0.823. The van der Waals surface area contributed by atoms with Crippen LogP contribution in [0.15, 0.2) is 30.3 Å². The Morgan fingerprint density at radius 1 is 1.32 bits per heavy atom. The Balaban J connectivity index is 1.36. The Bertz CT molecular complexity index is 531. The number of nitrogens with one attached hydrogen (secondary N) is 1. The number of nitrogens with zero attached hydrogens (tertiary/aromatic N) is 1. The van der Waals surface area contributed by atoms with Crippen LogP contribution in [0.4, 0.5) is 0 Å². The van der Waals surface area contributed by atoms with Crippen molar-refractivity contribution < 1.29 is 14.3 Å². The summed E-state index contributed by atoms with van der Waals surface area (Å²) < 4.78 is 11.4. The molecule has 2 aliphatic rings. The second-order valence-electron chi connectivity index (χ2n) is 7.18. The van der Waals surface area contributed by atoms with E-state index in [2.05, 4.69) is 34.5 Å². The van der Waals surface area contributed by atoms with Crippen LogP contribution in [-0.4, -0.2) is 55.4 Å². The summed E-state index contributed by atoms with van der Waals surface area (Å²) in [5.41, 5.74) is 1.32. The second-order valence-corrected chi connectivity index (χ2v) is 7.18. The summed E-state index contributed by atoms with van der Waals surface area (Å²) in [5.74, 6) is -0.0117. The van der Waals surface area contributed by atoms with Gasteiger partial charge in [-0.2, -0.15) is 0 Å². The van der Waals surface area contributed by atoms with Gasteiger partial charge >= 0.3 is 0 Å². The van der Waals surface area contributed by atoms with Gasteiger partial charge in [-0.1, -0.05) is 30.3 Å². The molecule has 0 unspecified atom stereocenters. The fraction of sp³-hybridized carbons (Fsp3) is 0.650. The van der Waals surface area contributed by atoms with Gasteiger partial charge in [0.2, 0.25) is 5.91 Å². The largest absolute Gasteiger partial charge is 0.376 e. The highest BCUT2D eigenvalue weighted by Crippen LogP contribution is 2.15. The summed E-state index contributed by atoms with van der Waals surface area (Å²) in [6.45, 7) is 6.02. The van der Waals surface area contributed by atoms with E-state index in [1.54, 1.807) is 0 Å². The molecule has 0 spiro atoms. The van der Waals surface area contributed by atoms with Gasteiger partial charge in [-0.15, -0.1) is 0 Å². The average molecular weight is 346 g/mol. The molecular weight excluding hydrogens is 316 g/mol. The number of carbonyl (C=O) groups excluding carboxylic acids is 1. The molecule has 1 N–H and O–H groups in total. The van der Waals surface area contributed by atoms with Crippen molar-refractivity contribution in [1.82, 2.24) is 10.2 Å². The van der Waals surface area contributed by atoms with Gasteiger partial charge in [-0.25, -0.2) is 0 Å². The monoisotopic (exact) mass is 346 g/mol. The molecule has 1 aromatic carbocycles. The molecule has 25 heavy (non-hydrogen) atoms. The molecule has 0 aromatic heterocycles. The van der Waals surface area contributed by atoms with Crippen molar-refractivity contribution in [3.05, 3.63) is 35.9 Å². The maximum Gasteiger partial charge on any atom is 0.249 e. The molecule has 2 heterocycles. The van der Waals surface area contributed by atoms with Gasteiger partial charge in [0.15, 0.2) is 0 Å². The highest BCUT2D eigenvalue weighted by molar-refractivity contribution is 5.80. The number of ether oxygens (including phenoxy) is 2. The molecule has 2 saturated heterocycles. The number of amides is 1. The zero-order valence-corrected chi connectivity index (χ0v) is 15.2. The predicted octanol–water partition coefficient (Wildman–Crippen LogP) is 2.35. The molecule has 0 saturated carbocycles. The van der Waals surface area contributed by atoms with Gasteiger partial charge < -0.3 is 14.8 Å². The van der Waals surface area contributed by atoms with Crippen molar-refractivity contribution in [3.63, 3.8) is 0 Å².